The highest BCUT2D eigenvalue weighted by Crippen LogP contribution is 2.32. The quantitative estimate of drug-likeness (QED) is 0.269. The van der Waals surface area contributed by atoms with Crippen molar-refractivity contribution in [3.8, 4) is 23.1 Å². The van der Waals surface area contributed by atoms with Gasteiger partial charge in [-0.1, -0.05) is 23.7 Å². The summed E-state index contributed by atoms with van der Waals surface area (Å²) in [6, 6.07) is 17.2. The van der Waals surface area contributed by atoms with Crippen molar-refractivity contribution in [2.75, 3.05) is 6.61 Å². The summed E-state index contributed by atoms with van der Waals surface area (Å²) in [4.78, 5) is 18.1. The Kier molecular flexibility index (Phi) is 5.85. The number of phenolic OH excluding ortho intramolecular Hbond substituents is 1. The number of aromatic hydroxyl groups is 1. The summed E-state index contributed by atoms with van der Waals surface area (Å²) in [5, 5.41) is 16.3. The molecular weight excluding hydrogens is 522 g/mol. The number of aromatic nitrogens is 2. The zero-order valence-electron chi connectivity index (χ0n) is 17.8. The van der Waals surface area contributed by atoms with Crippen LogP contribution in [0.1, 0.15) is 12.5 Å². The zero-order valence-corrected chi connectivity index (χ0v) is 20.2. The first-order valence-corrected chi connectivity index (χ1v) is 11.5. The largest absolute Gasteiger partial charge is 0.504 e. The van der Waals surface area contributed by atoms with Gasteiger partial charge in [-0.2, -0.15) is 9.78 Å². The van der Waals surface area contributed by atoms with E-state index in [1.165, 1.54) is 17.0 Å². The lowest BCUT2D eigenvalue weighted by Crippen LogP contribution is -2.20. The van der Waals surface area contributed by atoms with Gasteiger partial charge in [-0.3, -0.25) is 4.79 Å². The maximum absolute atomic E-state index is 13.4. The molecular formula is C25H17BrClN3O4. The van der Waals surface area contributed by atoms with E-state index in [9.17, 15) is 9.90 Å². The summed E-state index contributed by atoms with van der Waals surface area (Å²) in [5.41, 5.74) is 1.38. The predicted octanol–water partition coefficient (Wildman–Crippen LogP) is 6.21. The molecule has 0 atom stereocenters. The van der Waals surface area contributed by atoms with Crippen molar-refractivity contribution < 1.29 is 14.3 Å². The van der Waals surface area contributed by atoms with Gasteiger partial charge in [0.25, 0.3) is 5.56 Å². The lowest BCUT2D eigenvalue weighted by Gasteiger charge is -2.09. The normalized spacial score (nSPS) is 11.6. The number of fused-ring (bicyclic) bond motifs is 2. The summed E-state index contributed by atoms with van der Waals surface area (Å²) >= 11 is 9.54. The summed E-state index contributed by atoms with van der Waals surface area (Å²) in [5.74, 6) is 0.923. The first-order chi connectivity index (χ1) is 16.4. The Labute approximate surface area is 207 Å². The van der Waals surface area contributed by atoms with E-state index in [0.717, 1.165) is 5.39 Å². The van der Waals surface area contributed by atoms with Crippen molar-refractivity contribution in [2.45, 2.75) is 6.92 Å². The monoisotopic (exact) mass is 537 g/mol. The summed E-state index contributed by atoms with van der Waals surface area (Å²) in [7, 11) is 0. The Morgan fingerprint density at radius 1 is 1.21 bits per heavy atom. The van der Waals surface area contributed by atoms with Crippen LogP contribution in [-0.4, -0.2) is 27.6 Å². The fourth-order valence-corrected chi connectivity index (χ4v) is 4.18. The van der Waals surface area contributed by atoms with E-state index in [4.69, 9.17) is 20.8 Å². The van der Waals surface area contributed by atoms with Crippen molar-refractivity contribution in [2.24, 2.45) is 5.10 Å². The molecule has 0 bridgehead atoms. The topological polar surface area (TPSA) is 89.9 Å². The van der Waals surface area contributed by atoms with E-state index in [0.29, 0.717) is 49.7 Å². The molecule has 1 N–H and O–H groups in total. The van der Waals surface area contributed by atoms with Crippen molar-refractivity contribution in [3.63, 3.8) is 0 Å². The van der Waals surface area contributed by atoms with Crippen molar-refractivity contribution in [3.05, 3.63) is 86.1 Å². The SMILES string of the molecule is CCOc1cc(C=Nn2c(-c3cc4cc(Cl)ccc4o3)nc3ccccc3c2=O)c(Br)cc1O. The van der Waals surface area contributed by atoms with Crippen LogP contribution in [0.5, 0.6) is 11.5 Å². The maximum Gasteiger partial charge on any atom is 0.282 e. The molecule has 0 aliphatic rings. The van der Waals surface area contributed by atoms with E-state index in [-0.39, 0.29) is 17.1 Å². The highest BCUT2D eigenvalue weighted by molar-refractivity contribution is 9.10. The molecule has 0 unspecified atom stereocenters. The van der Waals surface area contributed by atoms with Crippen molar-refractivity contribution in [1.29, 1.82) is 0 Å². The van der Waals surface area contributed by atoms with E-state index in [1.54, 1.807) is 48.5 Å². The van der Waals surface area contributed by atoms with Crippen LogP contribution in [0.15, 0.2) is 79.4 Å². The maximum atomic E-state index is 13.4. The Morgan fingerprint density at radius 3 is 2.85 bits per heavy atom. The van der Waals surface area contributed by atoms with Crippen LogP contribution < -0.4 is 10.3 Å². The van der Waals surface area contributed by atoms with Crippen LogP contribution >= 0.6 is 27.5 Å². The molecule has 0 aliphatic carbocycles. The Morgan fingerprint density at radius 2 is 2.03 bits per heavy atom. The van der Waals surface area contributed by atoms with Crippen LogP contribution in [0.3, 0.4) is 0 Å². The molecule has 0 spiro atoms. The molecule has 0 radical (unpaired) electrons. The highest BCUT2D eigenvalue weighted by atomic mass is 79.9. The van der Waals surface area contributed by atoms with E-state index < -0.39 is 0 Å². The van der Waals surface area contributed by atoms with Gasteiger partial charge in [-0.15, -0.1) is 0 Å². The van der Waals surface area contributed by atoms with Crippen LogP contribution in [-0.2, 0) is 0 Å². The standard InChI is InChI=1S/C25H17BrClN3O4/c1-2-33-22-11-15(18(26)12-20(22)31)13-28-30-24(29-19-6-4-3-5-17(19)25(30)32)23-10-14-9-16(27)7-8-21(14)34-23/h3-13,31H,2H2,1H3. The van der Waals surface area contributed by atoms with Crippen molar-refractivity contribution in [1.82, 2.24) is 9.66 Å². The number of phenols is 1. The van der Waals surface area contributed by atoms with Gasteiger partial charge >= 0.3 is 0 Å². The average Bonchev–Trinajstić information content (AvgIpc) is 3.24. The molecule has 0 saturated heterocycles. The molecule has 0 fully saturated rings. The first-order valence-electron chi connectivity index (χ1n) is 10.4. The molecule has 5 aromatic rings. The molecule has 34 heavy (non-hydrogen) atoms. The lowest BCUT2D eigenvalue weighted by atomic mass is 10.2. The number of ether oxygens (including phenoxy) is 1. The van der Waals surface area contributed by atoms with E-state index in [1.807, 2.05) is 13.0 Å². The van der Waals surface area contributed by atoms with Gasteiger partial charge in [0, 0.05) is 20.4 Å². The van der Waals surface area contributed by atoms with Crippen molar-refractivity contribution >= 4 is 55.6 Å². The number of hydrogen-bond acceptors (Lipinski definition) is 6. The minimum Gasteiger partial charge on any atom is -0.504 e. The molecule has 9 heteroatoms. The number of hydrogen-bond donors (Lipinski definition) is 1. The molecule has 2 heterocycles. The van der Waals surface area contributed by atoms with Gasteiger partial charge in [0.05, 0.1) is 23.7 Å². The Hall–Kier alpha value is -3.62. The van der Waals surface area contributed by atoms with Crippen LogP contribution in [0, 0.1) is 0 Å². The van der Waals surface area contributed by atoms with Gasteiger partial charge in [0.2, 0.25) is 5.82 Å². The second kappa shape index (κ2) is 8.96. The molecule has 5 rings (SSSR count). The number of para-hydroxylation sites is 1. The number of rotatable bonds is 5. The number of halogens is 2. The number of furan rings is 1. The Bertz CT molecular complexity index is 1640. The third-order valence-electron chi connectivity index (χ3n) is 5.14. The lowest BCUT2D eigenvalue weighted by molar-refractivity contribution is 0.318. The predicted molar refractivity (Wildman–Crippen MR) is 136 cm³/mol. The smallest absolute Gasteiger partial charge is 0.282 e. The molecule has 2 aromatic heterocycles. The second-order valence-electron chi connectivity index (χ2n) is 7.38. The molecule has 0 amide bonds. The van der Waals surface area contributed by atoms with E-state index >= 15 is 0 Å². The molecule has 0 saturated carbocycles. The molecule has 0 aliphatic heterocycles. The van der Waals surface area contributed by atoms with Gasteiger partial charge < -0.3 is 14.3 Å². The van der Waals surface area contributed by atoms with Gasteiger partial charge in [0.15, 0.2) is 17.3 Å². The number of nitrogens with zero attached hydrogens (tertiary/aromatic N) is 3. The fraction of sp³-hybridized carbons (Fsp3) is 0.0800. The first kappa shape index (κ1) is 22.2. The fourth-order valence-electron chi connectivity index (χ4n) is 3.56. The highest BCUT2D eigenvalue weighted by Gasteiger charge is 2.17. The molecule has 7 nitrogen and oxygen atoms in total. The Balaban J connectivity index is 1.71. The van der Waals surface area contributed by atoms with Crippen LogP contribution in [0.4, 0.5) is 0 Å². The van der Waals surface area contributed by atoms with Crippen LogP contribution in [0.25, 0.3) is 33.5 Å². The minimum atomic E-state index is -0.352. The summed E-state index contributed by atoms with van der Waals surface area (Å²) in [6.07, 6.45) is 1.49. The van der Waals surface area contributed by atoms with Gasteiger partial charge in [-0.05, 0) is 71.4 Å². The average molecular weight is 539 g/mol. The van der Waals surface area contributed by atoms with E-state index in [2.05, 4.69) is 26.0 Å². The summed E-state index contributed by atoms with van der Waals surface area (Å²) in [6.45, 7) is 2.21. The third-order valence-corrected chi connectivity index (χ3v) is 6.06. The number of benzene rings is 3. The molecule has 3 aromatic carbocycles. The summed E-state index contributed by atoms with van der Waals surface area (Å²) < 4.78 is 13.2. The van der Waals surface area contributed by atoms with Gasteiger partial charge in [-0.25, -0.2) is 4.98 Å². The van der Waals surface area contributed by atoms with Crippen LogP contribution in [0.2, 0.25) is 5.02 Å². The minimum absolute atomic E-state index is 0.00274. The third kappa shape index (κ3) is 4.06. The zero-order chi connectivity index (χ0) is 23.8. The molecule has 170 valence electrons. The van der Waals surface area contributed by atoms with Gasteiger partial charge in [0.1, 0.15) is 5.58 Å². The second-order valence-corrected chi connectivity index (χ2v) is 8.67.